The number of likely N-dealkylation sites (tertiary alicyclic amines) is 1. The van der Waals surface area contributed by atoms with Gasteiger partial charge >= 0.3 is 0 Å². The number of aryl methyl sites for hydroxylation is 1. The molecule has 6 nitrogen and oxygen atoms in total. The van der Waals surface area contributed by atoms with E-state index in [-0.39, 0.29) is 18.4 Å². The van der Waals surface area contributed by atoms with Crippen LogP contribution in [0.4, 0.5) is 0 Å². The Morgan fingerprint density at radius 3 is 3.00 bits per heavy atom. The fraction of sp³-hybridized carbons (Fsp3) is 0.700. The first kappa shape index (κ1) is 11.1. The lowest BCUT2D eigenvalue weighted by molar-refractivity contribution is -0.127. The van der Waals surface area contributed by atoms with Crippen molar-refractivity contribution in [3.8, 4) is 0 Å². The summed E-state index contributed by atoms with van der Waals surface area (Å²) in [5.41, 5.74) is 0. The van der Waals surface area contributed by atoms with Crippen molar-refractivity contribution in [3.63, 3.8) is 0 Å². The predicted molar refractivity (Wildman–Crippen MR) is 56.4 cm³/mol. The number of hydrogen-bond donors (Lipinski definition) is 1. The van der Waals surface area contributed by atoms with E-state index in [1.54, 1.807) is 10.9 Å². The Kier molecular flexibility index (Phi) is 3.51. The van der Waals surface area contributed by atoms with E-state index < -0.39 is 0 Å². The van der Waals surface area contributed by atoms with Crippen LogP contribution in [0.1, 0.15) is 12.8 Å². The second kappa shape index (κ2) is 5.07. The van der Waals surface area contributed by atoms with E-state index in [2.05, 4.69) is 10.3 Å². The fourth-order valence-electron chi connectivity index (χ4n) is 1.97. The van der Waals surface area contributed by atoms with Crippen molar-refractivity contribution in [1.29, 1.82) is 0 Å². The molecule has 1 aromatic heterocycles. The van der Waals surface area contributed by atoms with E-state index >= 15 is 0 Å². The molecule has 1 fully saturated rings. The van der Waals surface area contributed by atoms with Crippen LogP contribution < -0.4 is 0 Å². The number of aliphatic hydroxyl groups is 1. The molecule has 0 aromatic carbocycles. The van der Waals surface area contributed by atoms with Gasteiger partial charge in [0.15, 0.2) is 0 Å². The lowest BCUT2D eigenvalue weighted by atomic mass is 10.1. The minimum Gasteiger partial charge on any atom is -0.396 e. The average Bonchev–Trinajstić information content (AvgIpc) is 2.89. The summed E-state index contributed by atoms with van der Waals surface area (Å²) in [7, 11) is 0. The highest BCUT2D eigenvalue weighted by Gasteiger charge is 2.28. The quantitative estimate of drug-likeness (QED) is 0.732. The van der Waals surface area contributed by atoms with Gasteiger partial charge in [-0.15, -0.1) is 5.10 Å². The topological polar surface area (TPSA) is 71.2 Å². The second-order valence-corrected chi connectivity index (χ2v) is 4.11. The normalized spacial score (nSPS) is 20.7. The molecule has 0 radical (unpaired) electrons. The average molecular weight is 224 g/mol. The van der Waals surface area contributed by atoms with Crippen molar-refractivity contribution >= 4 is 5.91 Å². The molecular formula is C10H16N4O2. The van der Waals surface area contributed by atoms with Gasteiger partial charge in [0, 0.05) is 44.8 Å². The van der Waals surface area contributed by atoms with E-state index in [0.29, 0.717) is 13.0 Å². The molecule has 88 valence electrons. The van der Waals surface area contributed by atoms with Crippen LogP contribution >= 0.6 is 0 Å². The molecule has 1 aromatic rings. The van der Waals surface area contributed by atoms with Gasteiger partial charge < -0.3 is 10.0 Å². The van der Waals surface area contributed by atoms with Crippen molar-refractivity contribution in [2.24, 2.45) is 5.92 Å². The van der Waals surface area contributed by atoms with E-state index in [4.69, 9.17) is 5.11 Å². The molecule has 1 amide bonds. The van der Waals surface area contributed by atoms with E-state index in [9.17, 15) is 4.79 Å². The van der Waals surface area contributed by atoms with Gasteiger partial charge in [-0.3, -0.25) is 9.48 Å². The molecule has 0 bridgehead atoms. The van der Waals surface area contributed by atoms with Gasteiger partial charge in [-0.05, 0) is 6.42 Å². The van der Waals surface area contributed by atoms with Crippen LogP contribution in [0, 0.1) is 5.92 Å². The van der Waals surface area contributed by atoms with Gasteiger partial charge in [-0.2, -0.15) is 0 Å². The largest absolute Gasteiger partial charge is 0.396 e. The molecule has 1 saturated heterocycles. The Hall–Kier alpha value is -1.43. The molecule has 6 heteroatoms. The van der Waals surface area contributed by atoms with Crippen LogP contribution in [0.2, 0.25) is 0 Å². The second-order valence-electron chi connectivity index (χ2n) is 4.11. The third-order valence-corrected chi connectivity index (χ3v) is 2.84. The summed E-state index contributed by atoms with van der Waals surface area (Å²) in [5, 5.41) is 16.5. The lowest BCUT2D eigenvalue weighted by Crippen LogP contribution is -2.27. The first-order valence-corrected chi connectivity index (χ1v) is 5.52. The highest BCUT2D eigenvalue weighted by Crippen LogP contribution is 2.17. The Morgan fingerprint density at radius 2 is 2.38 bits per heavy atom. The summed E-state index contributed by atoms with van der Waals surface area (Å²) in [4.78, 5) is 13.3. The van der Waals surface area contributed by atoms with Crippen LogP contribution in [0.3, 0.4) is 0 Å². The zero-order valence-corrected chi connectivity index (χ0v) is 9.12. The van der Waals surface area contributed by atoms with Crippen LogP contribution in [-0.2, 0) is 11.3 Å². The van der Waals surface area contributed by atoms with E-state index in [1.807, 2.05) is 11.1 Å². The molecule has 0 aliphatic carbocycles. The molecule has 1 unspecified atom stereocenters. The van der Waals surface area contributed by atoms with Crippen molar-refractivity contribution in [1.82, 2.24) is 19.9 Å². The van der Waals surface area contributed by atoms with Gasteiger partial charge in [0.05, 0.1) is 6.20 Å². The van der Waals surface area contributed by atoms with Gasteiger partial charge in [0.25, 0.3) is 0 Å². The first-order chi connectivity index (χ1) is 7.79. The minimum absolute atomic E-state index is 0.102. The van der Waals surface area contributed by atoms with E-state index in [0.717, 1.165) is 19.5 Å². The Labute approximate surface area is 93.9 Å². The predicted octanol–water partition coefficient (Wildman–Crippen LogP) is -0.491. The van der Waals surface area contributed by atoms with Gasteiger partial charge in [-0.1, -0.05) is 5.21 Å². The van der Waals surface area contributed by atoms with Gasteiger partial charge in [-0.25, -0.2) is 0 Å². The molecule has 0 saturated carbocycles. The number of carbonyl (C=O) groups is 1. The SMILES string of the molecule is O=C1CC(CO)CN1CCCn1ccnn1. The summed E-state index contributed by atoms with van der Waals surface area (Å²) >= 11 is 0. The summed E-state index contributed by atoms with van der Waals surface area (Å²) in [6.07, 6.45) is 4.80. The van der Waals surface area contributed by atoms with Crippen LogP contribution in [0.15, 0.2) is 12.4 Å². The molecule has 1 N–H and O–H groups in total. The van der Waals surface area contributed by atoms with Gasteiger partial charge in [0.2, 0.25) is 5.91 Å². The van der Waals surface area contributed by atoms with Crippen molar-refractivity contribution in [2.75, 3.05) is 19.7 Å². The molecule has 16 heavy (non-hydrogen) atoms. The number of nitrogens with zero attached hydrogens (tertiary/aromatic N) is 4. The number of carbonyl (C=O) groups excluding carboxylic acids is 1. The maximum atomic E-state index is 11.5. The summed E-state index contributed by atoms with van der Waals surface area (Å²) < 4.78 is 1.75. The number of hydrogen-bond acceptors (Lipinski definition) is 4. The van der Waals surface area contributed by atoms with Crippen molar-refractivity contribution in [3.05, 3.63) is 12.4 Å². The van der Waals surface area contributed by atoms with Crippen molar-refractivity contribution < 1.29 is 9.90 Å². The zero-order valence-electron chi connectivity index (χ0n) is 9.12. The zero-order chi connectivity index (χ0) is 11.4. The molecule has 2 heterocycles. The summed E-state index contributed by atoms with van der Waals surface area (Å²) in [6.45, 7) is 2.29. The summed E-state index contributed by atoms with van der Waals surface area (Å²) in [6, 6.07) is 0. The third-order valence-electron chi connectivity index (χ3n) is 2.84. The fourth-order valence-corrected chi connectivity index (χ4v) is 1.97. The minimum atomic E-state index is 0.102. The number of amides is 1. The molecule has 1 aliphatic heterocycles. The third kappa shape index (κ3) is 2.57. The number of rotatable bonds is 5. The molecule has 0 spiro atoms. The Balaban J connectivity index is 1.72. The standard InChI is InChI=1S/C10H16N4O2/c15-8-9-6-10(16)13(7-9)3-1-4-14-5-2-11-12-14/h2,5,9,15H,1,3-4,6-8H2. The van der Waals surface area contributed by atoms with Crippen LogP contribution in [0.5, 0.6) is 0 Å². The van der Waals surface area contributed by atoms with Crippen molar-refractivity contribution in [2.45, 2.75) is 19.4 Å². The Bertz CT molecular complexity index is 339. The smallest absolute Gasteiger partial charge is 0.223 e. The van der Waals surface area contributed by atoms with Crippen LogP contribution in [0.25, 0.3) is 0 Å². The number of aliphatic hydroxyl groups excluding tert-OH is 1. The highest BCUT2D eigenvalue weighted by atomic mass is 16.3. The monoisotopic (exact) mass is 224 g/mol. The molecule has 1 aliphatic rings. The lowest BCUT2D eigenvalue weighted by Gasteiger charge is -2.15. The van der Waals surface area contributed by atoms with E-state index in [1.165, 1.54) is 0 Å². The van der Waals surface area contributed by atoms with Gasteiger partial charge in [0.1, 0.15) is 0 Å². The highest BCUT2D eigenvalue weighted by molar-refractivity contribution is 5.78. The maximum Gasteiger partial charge on any atom is 0.223 e. The maximum absolute atomic E-state index is 11.5. The Morgan fingerprint density at radius 1 is 1.50 bits per heavy atom. The molecule has 2 rings (SSSR count). The molecule has 1 atom stereocenters. The number of aromatic nitrogens is 3. The van der Waals surface area contributed by atoms with Crippen LogP contribution in [-0.4, -0.2) is 50.6 Å². The molecular weight excluding hydrogens is 208 g/mol. The first-order valence-electron chi connectivity index (χ1n) is 5.52. The summed E-state index contributed by atoms with van der Waals surface area (Å²) in [5.74, 6) is 0.275.